The van der Waals surface area contributed by atoms with Crippen LogP contribution in [0.25, 0.3) is 0 Å². The number of anilines is 1. The van der Waals surface area contributed by atoms with Gasteiger partial charge >= 0.3 is 0 Å². The second-order valence-electron chi connectivity index (χ2n) is 6.64. The number of morpholine rings is 1. The Morgan fingerprint density at radius 2 is 1.83 bits per heavy atom. The highest BCUT2D eigenvalue weighted by molar-refractivity contribution is 5.92. The molecule has 0 aromatic heterocycles. The first-order valence-corrected chi connectivity index (χ1v) is 9.47. The fourth-order valence-corrected chi connectivity index (χ4v) is 3.29. The normalized spacial score (nSPS) is 16.3. The van der Waals surface area contributed by atoms with Gasteiger partial charge in [0.1, 0.15) is 5.82 Å². The van der Waals surface area contributed by atoms with Crippen LogP contribution in [-0.4, -0.2) is 57.9 Å². The zero-order valence-electron chi connectivity index (χ0n) is 16.7. The van der Waals surface area contributed by atoms with Gasteiger partial charge in [0.25, 0.3) is 0 Å². The van der Waals surface area contributed by atoms with Crippen molar-refractivity contribution in [1.29, 1.82) is 0 Å². The highest BCUT2D eigenvalue weighted by Crippen LogP contribution is 2.29. The molecule has 1 saturated heterocycles. The Labute approximate surface area is 170 Å². The molecule has 3 N–H and O–H groups in total. The lowest BCUT2D eigenvalue weighted by Crippen LogP contribution is -2.40. The molecule has 156 valence electrons. The molecular weight excluding hydrogens is 375 g/mol. The van der Waals surface area contributed by atoms with Gasteiger partial charge in [0.05, 0.1) is 40.0 Å². The standard InChI is InChI=1S/C21H27FN4O3/c1-27-19-8-7-17(13-20(19)28-2)25-21(23)24-14-18(26-9-11-29-12-10-26)15-3-5-16(22)6-4-15/h3-8,13,18H,9-12,14H2,1-2H3,(H3,23,24,25). The lowest BCUT2D eigenvalue weighted by molar-refractivity contribution is 0.0180. The minimum atomic E-state index is -0.257. The van der Waals surface area contributed by atoms with E-state index in [4.69, 9.17) is 19.9 Å². The number of ether oxygens (including phenoxy) is 3. The molecule has 2 aromatic rings. The van der Waals surface area contributed by atoms with E-state index in [1.807, 2.05) is 6.07 Å². The first-order valence-electron chi connectivity index (χ1n) is 9.47. The minimum absolute atomic E-state index is 0.00902. The Morgan fingerprint density at radius 1 is 1.14 bits per heavy atom. The number of methoxy groups -OCH3 is 2. The predicted molar refractivity (Wildman–Crippen MR) is 111 cm³/mol. The molecule has 7 nitrogen and oxygen atoms in total. The number of benzene rings is 2. The maximum atomic E-state index is 13.4. The summed E-state index contributed by atoms with van der Waals surface area (Å²) in [6.45, 7) is 3.36. The monoisotopic (exact) mass is 402 g/mol. The average Bonchev–Trinajstić information content (AvgIpc) is 2.75. The molecule has 0 spiro atoms. The number of guanidine groups is 1. The van der Waals surface area contributed by atoms with Gasteiger partial charge in [0.2, 0.25) is 0 Å². The van der Waals surface area contributed by atoms with E-state index >= 15 is 0 Å². The van der Waals surface area contributed by atoms with Crippen LogP contribution in [0.1, 0.15) is 11.6 Å². The predicted octanol–water partition coefficient (Wildman–Crippen LogP) is 2.64. The summed E-state index contributed by atoms with van der Waals surface area (Å²) in [5.74, 6) is 1.27. The highest BCUT2D eigenvalue weighted by atomic mass is 19.1. The molecule has 8 heteroatoms. The number of aliphatic imine (C=N–C) groups is 1. The third-order valence-electron chi connectivity index (χ3n) is 4.83. The van der Waals surface area contributed by atoms with Crippen LogP contribution < -0.4 is 20.5 Å². The van der Waals surface area contributed by atoms with E-state index in [9.17, 15) is 4.39 Å². The van der Waals surface area contributed by atoms with Crippen LogP contribution in [0.15, 0.2) is 47.5 Å². The van der Waals surface area contributed by atoms with Crippen LogP contribution in [0.4, 0.5) is 10.1 Å². The Hall–Kier alpha value is -2.84. The van der Waals surface area contributed by atoms with E-state index in [2.05, 4.69) is 15.2 Å². The molecule has 1 unspecified atom stereocenters. The average molecular weight is 402 g/mol. The van der Waals surface area contributed by atoms with Crippen LogP contribution in [0, 0.1) is 5.82 Å². The van der Waals surface area contributed by atoms with Crippen LogP contribution in [0.5, 0.6) is 11.5 Å². The molecule has 2 aromatic carbocycles. The van der Waals surface area contributed by atoms with E-state index in [-0.39, 0.29) is 17.8 Å². The summed E-state index contributed by atoms with van der Waals surface area (Å²) in [6, 6.07) is 11.9. The third kappa shape index (κ3) is 5.58. The van der Waals surface area contributed by atoms with E-state index in [1.54, 1.807) is 38.5 Å². The molecule has 0 radical (unpaired) electrons. The number of rotatable bonds is 7. The molecule has 29 heavy (non-hydrogen) atoms. The largest absolute Gasteiger partial charge is 0.493 e. The Bertz CT molecular complexity index is 823. The number of nitrogens with one attached hydrogen (secondary N) is 1. The zero-order valence-corrected chi connectivity index (χ0v) is 16.7. The quantitative estimate of drug-likeness (QED) is 0.547. The number of nitrogens with two attached hydrogens (primary N) is 1. The summed E-state index contributed by atoms with van der Waals surface area (Å²) < 4.78 is 29.4. The van der Waals surface area contributed by atoms with Gasteiger partial charge in [-0.25, -0.2) is 4.39 Å². The summed E-state index contributed by atoms with van der Waals surface area (Å²) in [4.78, 5) is 6.81. The molecule has 1 aliphatic rings. The zero-order chi connectivity index (χ0) is 20.6. The molecule has 0 saturated carbocycles. The van der Waals surface area contributed by atoms with Crippen molar-refractivity contribution in [1.82, 2.24) is 4.90 Å². The molecule has 1 heterocycles. The van der Waals surface area contributed by atoms with Crippen LogP contribution in [-0.2, 0) is 4.74 Å². The van der Waals surface area contributed by atoms with E-state index in [0.717, 1.165) is 24.3 Å². The Kier molecular flexibility index (Phi) is 7.26. The van der Waals surface area contributed by atoms with Crippen LogP contribution in [0.3, 0.4) is 0 Å². The molecule has 0 amide bonds. The van der Waals surface area contributed by atoms with Crippen molar-refractivity contribution < 1.29 is 18.6 Å². The van der Waals surface area contributed by atoms with Gasteiger partial charge in [-0.15, -0.1) is 0 Å². The second-order valence-corrected chi connectivity index (χ2v) is 6.64. The van der Waals surface area contributed by atoms with E-state index in [1.165, 1.54) is 12.1 Å². The number of halogens is 1. The minimum Gasteiger partial charge on any atom is -0.493 e. The molecule has 0 aliphatic carbocycles. The first-order chi connectivity index (χ1) is 14.1. The topological polar surface area (TPSA) is 81.3 Å². The number of nitrogens with zero attached hydrogens (tertiary/aromatic N) is 2. The van der Waals surface area contributed by atoms with E-state index in [0.29, 0.717) is 31.3 Å². The number of hydrogen-bond donors (Lipinski definition) is 2. The molecule has 3 rings (SSSR count). The summed E-state index contributed by atoms with van der Waals surface area (Å²) in [5.41, 5.74) is 7.85. The van der Waals surface area contributed by atoms with E-state index < -0.39 is 0 Å². The first kappa shape index (κ1) is 20.9. The van der Waals surface area contributed by atoms with Crippen molar-refractivity contribution in [3.8, 4) is 11.5 Å². The highest BCUT2D eigenvalue weighted by Gasteiger charge is 2.22. The van der Waals surface area contributed by atoms with Gasteiger partial charge in [-0.1, -0.05) is 12.1 Å². The molecule has 1 atom stereocenters. The summed E-state index contributed by atoms with van der Waals surface area (Å²) in [7, 11) is 3.16. The fourth-order valence-electron chi connectivity index (χ4n) is 3.29. The lowest BCUT2D eigenvalue weighted by Gasteiger charge is -2.34. The molecule has 0 bridgehead atoms. The maximum Gasteiger partial charge on any atom is 0.193 e. The fraction of sp³-hybridized carbons (Fsp3) is 0.381. The van der Waals surface area contributed by atoms with Gasteiger partial charge < -0.3 is 25.3 Å². The Balaban J connectivity index is 1.73. The second kappa shape index (κ2) is 10.1. The van der Waals surface area contributed by atoms with Crippen molar-refractivity contribution >= 4 is 11.6 Å². The summed E-state index contributed by atoms with van der Waals surface area (Å²) >= 11 is 0. The van der Waals surface area contributed by atoms with Crippen LogP contribution in [0.2, 0.25) is 0 Å². The maximum absolute atomic E-state index is 13.4. The molecule has 1 fully saturated rings. The van der Waals surface area contributed by atoms with Gasteiger partial charge in [0, 0.05) is 24.8 Å². The van der Waals surface area contributed by atoms with Crippen LogP contribution >= 0.6 is 0 Å². The third-order valence-corrected chi connectivity index (χ3v) is 4.83. The van der Waals surface area contributed by atoms with Crippen molar-refractivity contribution in [2.75, 3.05) is 52.4 Å². The van der Waals surface area contributed by atoms with Crippen molar-refractivity contribution in [2.45, 2.75) is 6.04 Å². The number of hydrogen-bond acceptors (Lipinski definition) is 5. The molecular formula is C21H27FN4O3. The van der Waals surface area contributed by atoms with Gasteiger partial charge in [-0.3, -0.25) is 9.89 Å². The van der Waals surface area contributed by atoms with Crippen molar-refractivity contribution in [3.05, 3.63) is 53.8 Å². The van der Waals surface area contributed by atoms with Gasteiger partial charge in [0.15, 0.2) is 17.5 Å². The van der Waals surface area contributed by atoms with Gasteiger partial charge in [-0.05, 0) is 29.8 Å². The SMILES string of the molecule is COc1ccc(NC(N)=NCC(c2ccc(F)cc2)N2CCOCC2)cc1OC. The Morgan fingerprint density at radius 3 is 2.48 bits per heavy atom. The summed E-state index contributed by atoms with van der Waals surface area (Å²) in [5, 5.41) is 3.08. The lowest BCUT2D eigenvalue weighted by atomic mass is 10.0. The van der Waals surface area contributed by atoms with Crippen molar-refractivity contribution in [2.24, 2.45) is 10.7 Å². The summed E-state index contributed by atoms with van der Waals surface area (Å²) in [6.07, 6.45) is 0. The van der Waals surface area contributed by atoms with Gasteiger partial charge in [-0.2, -0.15) is 0 Å². The molecule has 1 aliphatic heterocycles. The smallest absolute Gasteiger partial charge is 0.193 e. The van der Waals surface area contributed by atoms with Crippen molar-refractivity contribution in [3.63, 3.8) is 0 Å².